The molecule has 0 N–H and O–H groups in total. The summed E-state index contributed by atoms with van der Waals surface area (Å²) in [4.78, 5) is 0. The number of aryl methyl sites for hydroxylation is 1. The predicted octanol–water partition coefficient (Wildman–Crippen LogP) is 4.72. The van der Waals surface area contributed by atoms with Crippen LogP contribution in [0.1, 0.15) is 39.7 Å². The SMILES string of the molecule is CC#CCC.CCOC.CCOC.Cc1ccccc1. The van der Waals surface area contributed by atoms with Crippen molar-refractivity contribution in [3.8, 4) is 11.8 Å². The second-order valence-corrected chi connectivity index (χ2v) is 3.59. The van der Waals surface area contributed by atoms with Gasteiger partial charge in [0.1, 0.15) is 0 Å². The molecule has 0 heterocycles. The van der Waals surface area contributed by atoms with Crippen molar-refractivity contribution in [2.24, 2.45) is 0 Å². The molecule has 2 heteroatoms. The smallest absolute Gasteiger partial charge is 0.0433 e. The molecular formula is C18H32O2. The fourth-order valence-electron chi connectivity index (χ4n) is 0.711. The monoisotopic (exact) mass is 280 g/mol. The second kappa shape index (κ2) is 26.3. The molecule has 0 amide bonds. The lowest BCUT2D eigenvalue weighted by molar-refractivity contribution is 0.215. The van der Waals surface area contributed by atoms with Gasteiger partial charge >= 0.3 is 0 Å². The van der Waals surface area contributed by atoms with Crippen molar-refractivity contribution in [2.45, 2.75) is 41.0 Å². The van der Waals surface area contributed by atoms with Crippen LogP contribution in [-0.4, -0.2) is 27.4 Å². The van der Waals surface area contributed by atoms with E-state index in [2.05, 4.69) is 40.4 Å². The first-order valence-electron chi connectivity index (χ1n) is 7.03. The Morgan fingerprint density at radius 2 is 1.30 bits per heavy atom. The van der Waals surface area contributed by atoms with Crippen LogP contribution in [0.25, 0.3) is 0 Å². The van der Waals surface area contributed by atoms with E-state index in [0.717, 1.165) is 19.6 Å². The van der Waals surface area contributed by atoms with E-state index in [1.807, 2.05) is 45.9 Å². The maximum absolute atomic E-state index is 4.54. The number of rotatable bonds is 2. The van der Waals surface area contributed by atoms with Gasteiger partial charge < -0.3 is 9.47 Å². The van der Waals surface area contributed by atoms with Gasteiger partial charge in [-0.1, -0.05) is 42.8 Å². The zero-order valence-corrected chi connectivity index (χ0v) is 14.3. The number of benzene rings is 1. The number of methoxy groups -OCH3 is 2. The van der Waals surface area contributed by atoms with Crippen LogP contribution in [0.15, 0.2) is 30.3 Å². The van der Waals surface area contributed by atoms with Crippen LogP contribution in [0.5, 0.6) is 0 Å². The fourth-order valence-corrected chi connectivity index (χ4v) is 0.711. The molecule has 0 aliphatic heterocycles. The molecule has 0 aliphatic rings. The molecular weight excluding hydrogens is 248 g/mol. The summed E-state index contributed by atoms with van der Waals surface area (Å²) < 4.78 is 9.08. The average Bonchev–Trinajstić information content (AvgIpc) is 2.50. The Morgan fingerprint density at radius 3 is 1.40 bits per heavy atom. The fraction of sp³-hybridized carbons (Fsp3) is 0.556. The normalized spacial score (nSPS) is 7.35. The van der Waals surface area contributed by atoms with E-state index in [-0.39, 0.29) is 0 Å². The maximum Gasteiger partial charge on any atom is 0.0433 e. The summed E-state index contributed by atoms with van der Waals surface area (Å²) in [7, 11) is 3.36. The summed E-state index contributed by atoms with van der Waals surface area (Å²) in [5.74, 6) is 5.63. The average molecular weight is 280 g/mol. The molecule has 0 aliphatic carbocycles. The highest BCUT2D eigenvalue weighted by atomic mass is 16.5. The van der Waals surface area contributed by atoms with Crippen molar-refractivity contribution in [1.82, 2.24) is 0 Å². The Morgan fingerprint density at radius 1 is 0.900 bits per heavy atom. The van der Waals surface area contributed by atoms with Crippen LogP contribution >= 0.6 is 0 Å². The van der Waals surface area contributed by atoms with Crippen molar-refractivity contribution in [2.75, 3.05) is 27.4 Å². The molecule has 0 bridgehead atoms. The highest BCUT2D eigenvalue weighted by Crippen LogP contribution is 1.92. The third-order valence-electron chi connectivity index (χ3n) is 1.87. The lowest BCUT2D eigenvalue weighted by Crippen LogP contribution is -1.73. The lowest BCUT2D eigenvalue weighted by atomic mass is 10.2. The Kier molecular flexibility index (Phi) is 31.3. The highest BCUT2D eigenvalue weighted by molar-refractivity contribution is 5.11. The van der Waals surface area contributed by atoms with E-state index in [9.17, 15) is 0 Å². The molecule has 0 unspecified atom stereocenters. The molecule has 2 nitrogen and oxygen atoms in total. The molecule has 20 heavy (non-hydrogen) atoms. The topological polar surface area (TPSA) is 18.5 Å². The van der Waals surface area contributed by atoms with Crippen molar-refractivity contribution in [3.05, 3.63) is 35.9 Å². The lowest BCUT2D eigenvalue weighted by Gasteiger charge is -1.82. The second-order valence-electron chi connectivity index (χ2n) is 3.59. The van der Waals surface area contributed by atoms with Crippen LogP contribution < -0.4 is 0 Å². The molecule has 0 fully saturated rings. The number of ether oxygens (including phenoxy) is 2. The van der Waals surface area contributed by atoms with Crippen LogP contribution in [-0.2, 0) is 9.47 Å². The van der Waals surface area contributed by atoms with Crippen LogP contribution in [0.3, 0.4) is 0 Å². The largest absolute Gasteiger partial charge is 0.385 e. The van der Waals surface area contributed by atoms with Gasteiger partial charge in [0, 0.05) is 33.9 Å². The van der Waals surface area contributed by atoms with Gasteiger partial charge in [-0.15, -0.1) is 11.8 Å². The number of hydrogen-bond donors (Lipinski definition) is 0. The summed E-state index contributed by atoms with van der Waals surface area (Å²) in [6.45, 7) is 11.5. The summed E-state index contributed by atoms with van der Waals surface area (Å²) in [5, 5.41) is 0. The van der Waals surface area contributed by atoms with Crippen molar-refractivity contribution >= 4 is 0 Å². The summed E-state index contributed by atoms with van der Waals surface area (Å²) in [6, 6.07) is 10.3. The quantitative estimate of drug-likeness (QED) is 0.730. The van der Waals surface area contributed by atoms with Gasteiger partial charge in [0.05, 0.1) is 0 Å². The van der Waals surface area contributed by atoms with E-state index in [0.29, 0.717) is 0 Å². The maximum atomic E-state index is 4.54. The molecule has 0 aromatic heterocycles. The zero-order valence-electron chi connectivity index (χ0n) is 14.3. The Bertz CT molecular complexity index is 288. The summed E-state index contributed by atoms with van der Waals surface area (Å²) in [5.41, 5.74) is 1.32. The zero-order chi connectivity index (χ0) is 16.1. The van der Waals surface area contributed by atoms with Gasteiger partial charge in [0.15, 0.2) is 0 Å². The molecule has 1 aromatic rings. The van der Waals surface area contributed by atoms with E-state index in [1.165, 1.54) is 5.56 Å². The van der Waals surface area contributed by atoms with E-state index in [1.54, 1.807) is 14.2 Å². The van der Waals surface area contributed by atoms with Gasteiger partial charge in [-0.25, -0.2) is 0 Å². The van der Waals surface area contributed by atoms with Crippen LogP contribution in [0.2, 0.25) is 0 Å². The first-order valence-corrected chi connectivity index (χ1v) is 7.03. The van der Waals surface area contributed by atoms with Crippen LogP contribution in [0.4, 0.5) is 0 Å². The molecule has 0 saturated carbocycles. The summed E-state index contributed by atoms with van der Waals surface area (Å²) >= 11 is 0. The Balaban J connectivity index is -0.000000201. The highest BCUT2D eigenvalue weighted by Gasteiger charge is 1.72. The van der Waals surface area contributed by atoms with E-state index < -0.39 is 0 Å². The summed E-state index contributed by atoms with van der Waals surface area (Å²) in [6.07, 6.45) is 0.983. The molecule has 116 valence electrons. The van der Waals surface area contributed by atoms with E-state index in [4.69, 9.17) is 0 Å². The standard InChI is InChI=1S/C7H8.C5H8.2C3H8O/c1-7-5-3-2-4-6-7;1-3-5-4-2;2*1-3-4-2/h2-6H,1H3;3H2,1-2H3;2*3H2,1-2H3. The first-order chi connectivity index (χ1) is 9.64. The first kappa shape index (κ1) is 23.8. The predicted molar refractivity (Wildman–Crippen MR) is 90.0 cm³/mol. The van der Waals surface area contributed by atoms with Crippen molar-refractivity contribution < 1.29 is 9.47 Å². The number of hydrogen-bond acceptors (Lipinski definition) is 2. The van der Waals surface area contributed by atoms with Gasteiger partial charge in [0.2, 0.25) is 0 Å². The van der Waals surface area contributed by atoms with Gasteiger partial charge in [-0.05, 0) is 27.7 Å². The van der Waals surface area contributed by atoms with Gasteiger partial charge in [0.25, 0.3) is 0 Å². The van der Waals surface area contributed by atoms with Crippen molar-refractivity contribution in [3.63, 3.8) is 0 Å². The Hall–Kier alpha value is -1.30. The molecule has 0 radical (unpaired) electrons. The van der Waals surface area contributed by atoms with E-state index >= 15 is 0 Å². The third kappa shape index (κ3) is 36.0. The van der Waals surface area contributed by atoms with Crippen molar-refractivity contribution in [1.29, 1.82) is 0 Å². The minimum atomic E-state index is 0.819. The Labute approximate surface area is 126 Å². The van der Waals surface area contributed by atoms with Gasteiger partial charge in [-0.2, -0.15) is 0 Å². The van der Waals surface area contributed by atoms with Crippen LogP contribution in [0, 0.1) is 18.8 Å². The molecule has 1 aromatic carbocycles. The molecule has 0 spiro atoms. The minimum Gasteiger partial charge on any atom is -0.385 e. The molecule has 0 saturated heterocycles. The molecule has 0 atom stereocenters. The minimum absolute atomic E-state index is 0.819. The van der Waals surface area contributed by atoms with Gasteiger partial charge in [-0.3, -0.25) is 0 Å². The molecule has 1 rings (SSSR count). The third-order valence-corrected chi connectivity index (χ3v) is 1.87.